The van der Waals surface area contributed by atoms with Gasteiger partial charge in [-0.2, -0.15) is 0 Å². The lowest BCUT2D eigenvalue weighted by atomic mass is 10.0. The molecule has 6 nitrogen and oxygen atoms in total. The molecule has 1 atom stereocenters. The highest BCUT2D eigenvalue weighted by Gasteiger charge is 2.22. The summed E-state index contributed by atoms with van der Waals surface area (Å²) in [6.07, 6.45) is 0. The molecular weight excluding hydrogens is 268 g/mol. The highest BCUT2D eigenvalue weighted by molar-refractivity contribution is 6.29. The largest absolute Gasteiger partial charge is 0.301 e. The third-order valence-corrected chi connectivity index (χ3v) is 2.66. The molecule has 1 unspecified atom stereocenters. The number of nitro groups is 1. The molecule has 19 heavy (non-hydrogen) atoms. The van der Waals surface area contributed by atoms with E-state index in [4.69, 9.17) is 18.2 Å². The molecule has 0 bridgehead atoms. The van der Waals surface area contributed by atoms with E-state index in [1.54, 1.807) is 12.1 Å². The molecule has 7 heteroatoms. The van der Waals surface area contributed by atoms with Crippen molar-refractivity contribution in [3.8, 4) is 0 Å². The van der Waals surface area contributed by atoms with Gasteiger partial charge in [-0.15, -0.1) is 10.2 Å². The van der Waals surface area contributed by atoms with Crippen molar-refractivity contribution in [2.24, 2.45) is 0 Å². The van der Waals surface area contributed by atoms with Crippen LogP contribution in [0.25, 0.3) is 4.85 Å². The molecule has 0 aliphatic carbocycles. The van der Waals surface area contributed by atoms with Crippen molar-refractivity contribution in [2.45, 2.75) is 6.04 Å². The van der Waals surface area contributed by atoms with Crippen LogP contribution in [0.1, 0.15) is 17.3 Å². The number of nitro benzene ring substituents is 1. The molecule has 1 heterocycles. The van der Waals surface area contributed by atoms with E-state index >= 15 is 0 Å². The van der Waals surface area contributed by atoms with Crippen LogP contribution in [-0.4, -0.2) is 15.1 Å². The first kappa shape index (κ1) is 12.9. The van der Waals surface area contributed by atoms with Crippen molar-refractivity contribution in [1.29, 1.82) is 0 Å². The van der Waals surface area contributed by atoms with Crippen LogP contribution < -0.4 is 0 Å². The second kappa shape index (κ2) is 5.42. The van der Waals surface area contributed by atoms with Crippen molar-refractivity contribution in [3.05, 3.63) is 74.3 Å². The maximum atomic E-state index is 10.7. The van der Waals surface area contributed by atoms with Gasteiger partial charge in [-0.3, -0.25) is 10.1 Å². The summed E-state index contributed by atoms with van der Waals surface area (Å²) in [4.78, 5) is 13.7. The van der Waals surface area contributed by atoms with Crippen LogP contribution in [0.4, 0.5) is 5.69 Å². The van der Waals surface area contributed by atoms with Gasteiger partial charge in [-0.25, -0.2) is 6.57 Å². The maximum absolute atomic E-state index is 10.7. The van der Waals surface area contributed by atoms with Crippen LogP contribution in [0.3, 0.4) is 0 Å². The van der Waals surface area contributed by atoms with Crippen LogP contribution in [-0.2, 0) is 0 Å². The quantitative estimate of drug-likeness (QED) is 0.490. The van der Waals surface area contributed by atoms with E-state index in [2.05, 4.69) is 15.0 Å². The molecule has 0 spiro atoms. The molecule has 0 saturated carbocycles. The first-order valence-corrected chi connectivity index (χ1v) is 5.59. The minimum atomic E-state index is -0.732. The summed E-state index contributed by atoms with van der Waals surface area (Å²) in [6, 6.07) is 8.29. The molecule has 94 valence electrons. The third-order valence-electron chi connectivity index (χ3n) is 2.46. The average molecular weight is 275 g/mol. The van der Waals surface area contributed by atoms with E-state index < -0.39 is 11.0 Å². The molecule has 0 saturated heterocycles. The lowest BCUT2D eigenvalue weighted by molar-refractivity contribution is -0.384. The molecule has 2 rings (SSSR count). The van der Waals surface area contributed by atoms with E-state index in [1.807, 2.05) is 0 Å². The van der Waals surface area contributed by atoms with Crippen molar-refractivity contribution >= 4 is 17.3 Å². The third kappa shape index (κ3) is 2.84. The van der Waals surface area contributed by atoms with Gasteiger partial charge < -0.3 is 4.85 Å². The van der Waals surface area contributed by atoms with Crippen LogP contribution >= 0.6 is 11.6 Å². The fourth-order valence-corrected chi connectivity index (χ4v) is 1.69. The van der Waals surface area contributed by atoms with Gasteiger partial charge in [0.25, 0.3) is 11.7 Å². The highest BCUT2D eigenvalue weighted by atomic mass is 35.5. The Hall–Kier alpha value is -2.52. The fourth-order valence-electron chi connectivity index (χ4n) is 1.59. The maximum Gasteiger partial charge on any atom is 0.292 e. The number of nitrogens with zero attached hydrogens (tertiary/aromatic N) is 4. The lowest BCUT2D eigenvalue weighted by Gasteiger charge is -2.04. The van der Waals surface area contributed by atoms with Crippen LogP contribution in [0.5, 0.6) is 0 Å². The van der Waals surface area contributed by atoms with Gasteiger partial charge >= 0.3 is 0 Å². The molecule has 2 aromatic rings. The highest BCUT2D eigenvalue weighted by Crippen LogP contribution is 2.27. The van der Waals surface area contributed by atoms with Crippen molar-refractivity contribution in [3.63, 3.8) is 0 Å². The number of hydrogen-bond acceptors (Lipinski definition) is 4. The summed E-state index contributed by atoms with van der Waals surface area (Å²) < 4.78 is 0. The Balaban J connectivity index is 2.43. The Morgan fingerprint density at radius 1 is 1.32 bits per heavy atom. The predicted molar refractivity (Wildman–Crippen MR) is 68.6 cm³/mol. The standard InChI is InChI=1S/C12H7ClN4O2/c1-14-12(10-5-6-11(13)16-15-10)8-3-2-4-9(7-8)17(18)19/h2-7,12H. The number of halogens is 1. The SMILES string of the molecule is [C-]#[N+]C(c1cccc([N+](=O)[O-])c1)c1ccc(Cl)nn1. The summed E-state index contributed by atoms with van der Waals surface area (Å²) in [5.41, 5.74) is 0.841. The molecule has 1 aromatic heterocycles. The number of benzene rings is 1. The number of aromatic nitrogens is 2. The Bertz CT molecular complexity index is 652. The molecule has 0 amide bonds. The Morgan fingerprint density at radius 2 is 2.11 bits per heavy atom. The van der Waals surface area contributed by atoms with Gasteiger partial charge in [0.1, 0.15) is 5.69 Å². The summed E-state index contributed by atoms with van der Waals surface area (Å²) >= 11 is 5.63. The second-order valence-electron chi connectivity index (χ2n) is 3.66. The molecule has 1 aromatic carbocycles. The average Bonchev–Trinajstić information content (AvgIpc) is 2.42. The topological polar surface area (TPSA) is 73.3 Å². The predicted octanol–water partition coefficient (Wildman–Crippen LogP) is 3.05. The zero-order chi connectivity index (χ0) is 13.8. The van der Waals surface area contributed by atoms with E-state index in [1.165, 1.54) is 24.3 Å². The smallest absolute Gasteiger partial charge is 0.292 e. The van der Waals surface area contributed by atoms with E-state index in [0.717, 1.165) is 0 Å². The molecular formula is C12H7ClN4O2. The molecule has 0 aliphatic heterocycles. The van der Waals surface area contributed by atoms with E-state index in [9.17, 15) is 10.1 Å². The van der Waals surface area contributed by atoms with Crippen molar-refractivity contribution in [1.82, 2.24) is 10.2 Å². The Kier molecular flexibility index (Phi) is 3.68. The molecule has 0 radical (unpaired) electrons. The zero-order valence-electron chi connectivity index (χ0n) is 9.52. The van der Waals surface area contributed by atoms with Crippen LogP contribution in [0.15, 0.2) is 36.4 Å². The van der Waals surface area contributed by atoms with Gasteiger partial charge in [0.2, 0.25) is 0 Å². The summed E-state index contributed by atoms with van der Waals surface area (Å²) in [5.74, 6) is 0. The summed E-state index contributed by atoms with van der Waals surface area (Å²) in [5, 5.41) is 18.5. The summed E-state index contributed by atoms with van der Waals surface area (Å²) in [7, 11) is 0. The first-order valence-electron chi connectivity index (χ1n) is 5.22. The summed E-state index contributed by atoms with van der Waals surface area (Å²) in [6.45, 7) is 7.22. The first-order chi connectivity index (χ1) is 9.11. The van der Waals surface area contributed by atoms with Gasteiger partial charge in [0, 0.05) is 17.7 Å². The molecule has 0 N–H and O–H groups in total. The zero-order valence-corrected chi connectivity index (χ0v) is 10.3. The van der Waals surface area contributed by atoms with Gasteiger partial charge in [-0.05, 0) is 12.1 Å². The van der Waals surface area contributed by atoms with Gasteiger partial charge in [0.05, 0.1) is 4.92 Å². The second-order valence-corrected chi connectivity index (χ2v) is 4.05. The van der Waals surface area contributed by atoms with Gasteiger partial charge in [-0.1, -0.05) is 23.7 Å². The van der Waals surface area contributed by atoms with Crippen molar-refractivity contribution < 1.29 is 4.92 Å². The normalized spacial score (nSPS) is 11.6. The molecule has 0 aliphatic rings. The Labute approximate surface area is 113 Å². The fraction of sp³-hybridized carbons (Fsp3) is 0.0833. The minimum absolute atomic E-state index is 0.0620. The lowest BCUT2D eigenvalue weighted by Crippen LogP contribution is -2.01. The van der Waals surface area contributed by atoms with Crippen LogP contribution in [0.2, 0.25) is 5.15 Å². The van der Waals surface area contributed by atoms with E-state index in [-0.39, 0.29) is 10.8 Å². The number of non-ortho nitro benzene ring substituents is 1. The van der Waals surface area contributed by atoms with E-state index in [0.29, 0.717) is 11.3 Å². The minimum Gasteiger partial charge on any atom is -0.301 e. The molecule has 0 fully saturated rings. The number of rotatable bonds is 3. The van der Waals surface area contributed by atoms with Crippen molar-refractivity contribution in [2.75, 3.05) is 0 Å². The van der Waals surface area contributed by atoms with Gasteiger partial charge in [0.15, 0.2) is 5.15 Å². The Morgan fingerprint density at radius 3 is 2.68 bits per heavy atom. The monoisotopic (exact) mass is 274 g/mol. The van der Waals surface area contributed by atoms with Crippen LogP contribution in [0, 0.1) is 16.7 Å². The number of hydrogen-bond donors (Lipinski definition) is 0.